The van der Waals surface area contributed by atoms with Crippen LogP contribution in [-0.2, 0) is 6.42 Å². The van der Waals surface area contributed by atoms with Crippen molar-refractivity contribution in [1.82, 2.24) is 6.15 Å². The third-order valence-electron chi connectivity index (χ3n) is 2.43. The van der Waals surface area contributed by atoms with Crippen molar-refractivity contribution >= 4 is 0 Å². The lowest BCUT2D eigenvalue weighted by Crippen LogP contribution is -1.83. The molecule has 1 atom stereocenters. The maximum atomic E-state index is 2.31. The lowest BCUT2D eigenvalue weighted by molar-refractivity contribution is 0.747. The molecule has 1 nitrogen and oxygen atoms in total. The van der Waals surface area contributed by atoms with Crippen LogP contribution in [0.5, 0.6) is 0 Å². The zero-order chi connectivity index (χ0) is 6.97. The Hall–Kier alpha value is -0.820. The molecule has 0 fully saturated rings. The predicted octanol–water partition coefficient (Wildman–Crippen LogP) is 2.90. The van der Waals surface area contributed by atoms with Gasteiger partial charge in [-0.15, -0.1) is 0 Å². The summed E-state index contributed by atoms with van der Waals surface area (Å²) in [5.74, 6) is 0.802. The van der Waals surface area contributed by atoms with Crippen LogP contribution in [0.4, 0.5) is 0 Å². The van der Waals surface area contributed by atoms with Crippen LogP contribution < -0.4 is 6.15 Å². The average molecular weight is 149 g/mol. The van der Waals surface area contributed by atoms with Gasteiger partial charge in [0.1, 0.15) is 0 Å². The van der Waals surface area contributed by atoms with Gasteiger partial charge in [0.2, 0.25) is 0 Å². The molecule has 0 bridgehead atoms. The molecule has 0 saturated carbocycles. The lowest BCUT2D eigenvalue weighted by atomic mass is 10.0. The molecule has 11 heavy (non-hydrogen) atoms. The lowest BCUT2D eigenvalue weighted by Gasteiger charge is -2.01. The van der Waals surface area contributed by atoms with Crippen LogP contribution in [0.15, 0.2) is 24.3 Å². The molecule has 1 aliphatic rings. The van der Waals surface area contributed by atoms with E-state index in [0.717, 1.165) is 5.92 Å². The number of hydrogen-bond donors (Lipinski definition) is 1. The van der Waals surface area contributed by atoms with Gasteiger partial charge >= 0.3 is 0 Å². The normalized spacial score (nSPS) is 20.6. The highest BCUT2D eigenvalue weighted by molar-refractivity contribution is 5.33. The molecule has 2 rings (SSSR count). The van der Waals surface area contributed by atoms with Gasteiger partial charge in [0.15, 0.2) is 0 Å². The first-order valence-corrected chi connectivity index (χ1v) is 3.96. The van der Waals surface area contributed by atoms with Crippen LogP contribution in [0.2, 0.25) is 0 Å². The fraction of sp³-hybridized carbons (Fsp3) is 0.400. The molecule has 1 unspecified atom stereocenters. The summed E-state index contributed by atoms with van der Waals surface area (Å²) < 4.78 is 0. The number of fused-ring (bicyclic) bond motifs is 1. The standard InChI is InChI=1S/C10H12.H3N/c1-8-6-7-9-4-2-3-5-10(8)9;/h2-5,8H,6-7H2,1H3;1H3. The quantitative estimate of drug-likeness (QED) is 0.604. The molecule has 1 aromatic carbocycles. The molecule has 1 aliphatic carbocycles. The molecule has 3 N–H and O–H groups in total. The molecule has 0 aromatic heterocycles. The van der Waals surface area contributed by atoms with Crippen LogP contribution in [-0.4, -0.2) is 0 Å². The summed E-state index contributed by atoms with van der Waals surface area (Å²) in [5, 5.41) is 0. The van der Waals surface area contributed by atoms with Crippen molar-refractivity contribution in [2.24, 2.45) is 0 Å². The zero-order valence-electron chi connectivity index (χ0n) is 7.01. The summed E-state index contributed by atoms with van der Waals surface area (Å²) in [4.78, 5) is 0. The van der Waals surface area contributed by atoms with Crippen LogP contribution in [0, 0.1) is 0 Å². The molecule has 0 amide bonds. The minimum atomic E-state index is 0. The van der Waals surface area contributed by atoms with E-state index in [1.165, 1.54) is 12.8 Å². The molecular formula is C10H15N. The number of rotatable bonds is 0. The highest BCUT2D eigenvalue weighted by Gasteiger charge is 2.16. The Labute approximate surface area is 68.0 Å². The van der Waals surface area contributed by atoms with E-state index < -0.39 is 0 Å². The molecule has 1 aromatic rings. The molecule has 0 spiro atoms. The van der Waals surface area contributed by atoms with Crippen molar-refractivity contribution in [2.75, 3.05) is 0 Å². The molecule has 60 valence electrons. The summed E-state index contributed by atoms with van der Waals surface area (Å²) >= 11 is 0. The number of hydrogen-bond acceptors (Lipinski definition) is 1. The van der Waals surface area contributed by atoms with Gasteiger partial charge in [-0.05, 0) is 29.9 Å². The minimum Gasteiger partial charge on any atom is -0.344 e. The molecule has 0 aliphatic heterocycles. The van der Waals surface area contributed by atoms with Gasteiger partial charge in [-0.25, -0.2) is 0 Å². The molecule has 0 heterocycles. The highest BCUT2D eigenvalue weighted by Crippen LogP contribution is 2.31. The SMILES string of the molecule is CC1CCc2ccccc21.N. The molecule has 0 saturated heterocycles. The molecule has 0 radical (unpaired) electrons. The fourth-order valence-electron chi connectivity index (χ4n) is 1.77. The Morgan fingerprint density at radius 2 is 2.00 bits per heavy atom. The van der Waals surface area contributed by atoms with Gasteiger partial charge in [-0.2, -0.15) is 0 Å². The molecular weight excluding hydrogens is 134 g/mol. The van der Waals surface area contributed by atoms with Crippen molar-refractivity contribution in [2.45, 2.75) is 25.7 Å². The van der Waals surface area contributed by atoms with Crippen LogP contribution >= 0.6 is 0 Å². The Morgan fingerprint density at radius 1 is 1.27 bits per heavy atom. The summed E-state index contributed by atoms with van der Waals surface area (Å²) in [6, 6.07) is 8.78. The van der Waals surface area contributed by atoms with Gasteiger partial charge < -0.3 is 6.15 Å². The van der Waals surface area contributed by atoms with Crippen LogP contribution in [0.1, 0.15) is 30.4 Å². The van der Waals surface area contributed by atoms with Crippen molar-refractivity contribution in [3.63, 3.8) is 0 Å². The average Bonchev–Trinajstić information content (AvgIpc) is 2.34. The minimum absolute atomic E-state index is 0. The second-order valence-corrected chi connectivity index (χ2v) is 3.14. The topological polar surface area (TPSA) is 35.0 Å². The van der Waals surface area contributed by atoms with Crippen molar-refractivity contribution in [3.8, 4) is 0 Å². The van der Waals surface area contributed by atoms with E-state index in [9.17, 15) is 0 Å². The van der Waals surface area contributed by atoms with E-state index in [4.69, 9.17) is 0 Å². The maximum absolute atomic E-state index is 2.31. The van der Waals surface area contributed by atoms with E-state index >= 15 is 0 Å². The summed E-state index contributed by atoms with van der Waals surface area (Å²) in [7, 11) is 0. The van der Waals surface area contributed by atoms with Gasteiger partial charge in [-0.1, -0.05) is 31.2 Å². The second-order valence-electron chi connectivity index (χ2n) is 3.14. The first-order valence-electron chi connectivity index (χ1n) is 3.96. The van der Waals surface area contributed by atoms with Crippen molar-refractivity contribution in [3.05, 3.63) is 35.4 Å². The van der Waals surface area contributed by atoms with Gasteiger partial charge in [0, 0.05) is 0 Å². The van der Waals surface area contributed by atoms with Gasteiger partial charge in [0.05, 0.1) is 0 Å². The van der Waals surface area contributed by atoms with E-state index in [1.807, 2.05) is 0 Å². The van der Waals surface area contributed by atoms with Crippen LogP contribution in [0.25, 0.3) is 0 Å². The van der Waals surface area contributed by atoms with E-state index in [-0.39, 0.29) is 6.15 Å². The number of aryl methyl sites for hydroxylation is 1. The summed E-state index contributed by atoms with van der Waals surface area (Å²) in [6.45, 7) is 2.31. The Bertz CT molecular complexity index is 242. The second kappa shape index (κ2) is 3.05. The largest absolute Gasteiger partial charge is 0.344 e. The summed E-state index contributed by atoms with van der Waals surface area (Å²) in [5.41, 5.74) is 3.14. The third kappa shape index (κ3) is 1.29. The third-order valence-corrected chi connectivity index (χ3v) is 2.43. The first-order chi connectivity index (χ1) is 4.88. The van der Waals surface area contributed by atoms with Crippen LogP contribution in [0.3, 0.4) is 0 Å². The first kappa shape index (κ1) is 8.28. The van der Waals surface area contributed by atoms with Crippen molar-refractivity contribution in [1.29, 1.82) is 0 Å². The van der Waals surface area contributed by atoms with E-state index in [0.29, 0.717) is 0 Å². The van der Waals surface area contributed by atoms with Crippen molar-refractivity contribution < 1.29 is 0 Å². The Morgan fingerprint density at radius 3 is 2.73 bits per heavy atom. The molecule has 1 heteroatoms. The van der Waals surface area contributed by atoms with Gasteiger partial charge in [-0.3, -0.25) is 0 Å². The fourth-order valence-corrected chi connectivity index (χ4v) is 1.77. The van der Waals surface area contributed by atoms with E-state index in [2.05, 4.69) is 31.2 Å². The Kier molecular flexibility index (Phi) is 2.30. The Balaban J connectivity index is 0.000000605. The van der Waals surface area contributed by atoms with E-state index in [1.54, 1.807) is 11.1 Å². The monoisotopic (exact) mass is 149 g/mol. The summed E-state index contributed by atoms with van der Waals surface area (Å²) in [6.07, 6.45) is 2.64. The smallest absolute Gasteiger partial charge is 0.0184 e. The maximum Gasteiger partial charge on any atom is -0.0184 e. The highest BCUT2D eigenvalue weighted by atomic mass is 14.2. The number of benzene rings is 1. The predicted molar refractivity (Wildman–Crippen MR) is 48.2 cm³/mol. The van der Waals surface area contributed by atoms with Gasteiger partial charge in [0.25, 0.3) is 0 Å². The zero-order valence-corrected chi connectivity index (χ0v) is 7.01.